The molecular formula is C12H24N2. The summed E-state index contributed by atoms with van der Waals surface area (Å²) in [6.45, 7) is 3.96. The fourth-order valence-electron chi connectivity index (χ4n) is 3.24. The van der Waals surface area contributed by atoms with Crippen molar-refractivity contribution in [2.45, 2.75) is 44.6 Å². The lowest BCUT2D eigenvalue weighted by Gasteiger charge is -2.38. The predicted molar refractivity (Wildman–Crippen MR) is 60.5 cm³/mol. The van der Waals surface area contributed by atoms with Crippen LogP contribution in [-0.4, -0.2) is 37.6 Å². The minimum Gasteiger partial charge on any atom is -0.319 e. The molecule has 2 fully saturated rings. The summed E-state index contributed by atoms with van der Waals surface area (Å²) in [7, 11) is 2.09. The van der Waals surface area contributed by atoms with Crippen molar-refractivity contribution in [1.29, 1.82) is 0 Å². The van der Waals surface area contributed by atoms with Crippen molar-refractivity contribution in [1.82, 2.24) is 10.2 Å². The Morgan fingerprint density at radius 2 is 1.79 bits per heavy atom. The van der Waals surface area contributed by atoms with Crippen molar-refractivity contribution < 1.29 is 0 Å². The van der Waals surface area contributed by atoms with Gasteiger partial charge >= 0.3 is 0 Å². The number of hydrogen-bond donors (Lipinski definition) is 1. The lowest BCUT2D eigenvalue weighted by atomic mass is 9.83. The molecular weight excluding hydrogens is 172 g/mol. The second-order valence-corrected chi connectivity index (χ2v) is 4.91. The Kier molecular flexibility index (Phi) is 3.82. The van der Waals surface area contributed by atoms with E-state index in [4.69, 9.17) is 0 Å². The molecule has 2 unspecified atom stereocenters. The first-order valence-electron chi connectivity index (χ1n) is 6.30. The topological polar surface area (TPSA) is 15.3 Å². The molecule has 1 saturated carbocycles. The zero-order valence-electron chi connectivity index (χ0n) is 9.47. The van der Waals surface area contributed by atoms with Gasteiger partial charge in [0.1, 0.15) is 0 Å². The van der Waals surface area contributed by atoms with Crippen LogP contribution in [0.25, 0.3) is 0 Å². The summed E-state index contributed by atoms with van der Waals surface area (Å²) in [5.41, 5.74) is 0. The maximum Gasteiger partial charge on any atom is 0.0136 e. The van der Waals surface area contributed by atoms with Crippen LogP contribution in [-0.2, 0) is 0 Å². The van der Waals surface area contributed by atoms with Gasteiger partial charge < -0.3 is 10.2 Å². The van der Waals surface area contributed by atoms with Crippen molar-refractivity contribution >= 4 is 0 Å². The Bertz CT molecular complexity index is 162. The van der Waals surface area contributed by atoms with Gasteiger partial charge in [-0.1, -0.05) is 12.8 Å². The second-order valence-electron chi connectivity index (χ2n) is 4.91. The molecule has 0 aromatic heterocycles. The zero-order chi connectivity index (χ0) is 9.80. The van der Waals surface area contributed by atoms with Crippen LogP contribution >= 0.6 is 0 Å². The molecule has 0 spiro atoms. The molecule has 1 N–H and O–H groups in total. The number of nitrogens with one attached hydrogen (secondary N) is 1. The summed E-state index contributed by atoms with van der Waals surface area (Å²) in [5, 5.41) is 3.36. The molecule has 2 rings (SSSR count). The third-order valence-corrected chi connectivity index (χ3v) is 3.94. The van der Waals surface area contributed by atoms with Crippen LogP contribution in [0.15, 0.2) is 0 Å². The average molecular weight is 196 g/mol. The summed E-state index contributed by atoms with van der Waals surface area (Å²) < 4.78 is 0. The van der Waals surface area contributed by atoms with Crippen molar-refractivity contribution in [2.75, 3.05) is 26.7 Å². The van der Waals surface area contributed by atoms with Gasteiger partial charge in [-0.05, 0) is 58.3 Å². The van der Waals surface area contributed by atoms with Crippen molar-refractivity contribution in [3.05, 3.63) is 0 Å². The fourth-order valence-corrected chi connectivity index (χ4v) is 3.24. The first-order valence-corrected chi connectivity index (χ1v) is 6.30. The van der Waals surface area contributed by atoms with Crippen LogP contribution in [0.1, 0.15) is 38.5 Å². The molecule has 2 atom stereocenters. The molecule has 1 aliphatic heterocycles. The van der Waals surface area contributed by atoms with Gasteiger partial charge in [0.2, 0.25) is 0 Å². The van der Waals surface area contributed by atoms with Crippen LogP contribution in [0, 0.1) is 5.92 Å². The molecule has 1 saturated heterocycles. The van der Waals surface area contributed by atoms with Gasteiger partial charge in [0.05, 0.1) is 0 Å². The summed E-state index contributed by atoms with van der Waals surface area (Å²) in [6, 6.07) is 0.902. The Morgan fingerprint density at radius 3 is 2.50 bits per heavy atom. The Balaban J connectivity index is 1.91. The van der Waals surface area contributed by atoms with Gasteiger partial charge in [-0.15, -0.1) is 0 Å². The van der Waals surface area contributed by atoms with Gasteiger partial charge in [-0.25, -0.2) is 0 Å². The van der Waals surface area contributed by atoms with E-state index in [1.54, 1.807) is 0 Å². The van der Waals surface area contributed by atoms with Crippen LogP contribution in [0.3, 0.4) is 0 Å². The molecule has 0 aromatic carbocycles. The van der Waals surface area contributed by atoms with Crippen LogP contribution in [0.2, 0.25) is 0 Å². The van der Waals surface area contributed by atoms with Crippen LogP contribution < -0.4 is 5.32 Å². The Labute approximate surface area is 88.1 Å². The van der Waals surface area contributed by atoms with Crippen LogP contribution in [0.5, 0.6) is 0 Å². The van der Waals surface area contributed by atoms with Gasteiger partial charge in [0.15, 0.2) is 0 Å². The monoisotopic (exact) mass is 196 g/mol. The molecule has 0 amide bonds. The zero-order valence-corrected chi connectivity index (χ0v) is 9.47. The summed E-state index contributed by atoms with van der Waals surface area (Å²) in [5.74, 6) is 0.923. The van der Waals surface area contributed by atoms with E-state index in [2.05, 4.69) is 17.3 Å². The molecule has 0 radical (unpaired) electrons. The number of hydrogen-bond acceptors (Lipinski definition) is 2. The normalized spacial score (nSPS) is 34.9. The molecule has 2 aliphatic rings. The molecule has 2 heteroatoms. The third kappa shape index (κ3) is 2.29. The van der Waals surface area contributed by atoms with E-state index in [9.17, 15) is 0 Å². The maximum absolute atomic E-state index is 3.36. The molecule has 82 valence electrons. The van der Waals surface area contributed by atoms with E-state index in [0.717, 1.165) is 12.0 Å². The highest BCUT2D eigenvalue weighted by molar-refractivity contribution is 4.86. The highest BCUT2D eigenvalue weighted by Gasteiger charge is 2.30. The maximum atomic E-state index is 3.36. The van der Waals surface area contributed by atoms with Crippen molar-refractivity contribution in [3.63, 3.8) is 0 Å². The minimum absolute atomic E-state index is 0.902. The smallest absolute Gasteiger partial charge is 0.0136 e. The predicted octanol–water partition coefficient (Wildman–Crippen LogP) is 1.86. The van der Waals surface area contributed by atoms with Crippen molar-refractivity contribution in [2.24, 2.45) is 5.92 Å². The molecule has 1 heterocycles. The number of rotatable bonds is 3. The SMILES string of the molecule is CNCC1CCCCC1N1CCCC1. The molecule has 0 bridgehead atoms. The van der Waals surface area contributed by atoms with Gasteiger partial charge in [-0.2, -0.15) is 0 Å². The highest BCUT2D eigenvalue weighted by Crippen LogP contribution is 2.30. The van der Waals surface area contributed by atoms with E-state index >= 15 is 0 Å². The van der Waals surface area contributed by atoms with E-state index in [0.29, 0.717) is 0 Å². The van der Waals surface area contributed by atoms with Crippen LogP contribution in [0.4, 0.5) is 0 Å². The fraction of sp³-hybridized carbons (Fsp3) is 1.00. The second kappa shape index (κ2) is 5.13. The first kappa shape index (κ1) is 10.4. The van der Waals surface area contributed by atoms with E-state index in [1.165, 1.54) is 58.2 Å². The summed E-state index contributed by atoms with van der Waals surface area (Å²) >= 11 is 0. The molecule has 1 aliphatic carbocycles. The lowest BCUT2D eigenvalue weighted by Crippen LogP contribution is -2.44. The Morgan fingerprint density at radius 1 is 1.07 bits per heavy atom. The first-order chi connectivity index (χ1) is 6.92. The van der Waals surface area contributed by atoms with Gasteiger partial charge in [-0.3, -0.25) is 0 Å². The standard InChI is InChI=1S/C12H24N2/c1-13-10-11-6-2-3-7-12(11)14-8-4-5-9-14/h11-13H,2-10H2,1H3. The van der Waals surface area contributed by atoms with E-state index in [-0.39, 0.29) is 0 Å². The molecule has 14 heavy (non-hydrogen) atoms. The lowest BCUT2D eigenvalue weighted by molar-refractivity contribution is 0.128. The van der Waals surface area contributed by atoms with Gasteiger partial charge in [0, 0.05) is 6.04 Å². The molecule has 0 aromatic rings. The van der Waals surface area contributed by atoms with Crippen molar-refractivity contribution in [3.8, 4) is 0 Å². The average Bonchev–Trinajstić information content (AvgIpc) is 2.72. The number of nitrogens with zero attached hydrogens (tertiary/aromatic N) is 1. The molecule has 2 nitrogen and oxygen atoms in total. The van der Waals surface area contributed by atoms with Gasteiger partial charge in [0.25, 0.3) is 0 Å². The quantitative estimate of drug-likeness (QED) is 0.741. The largest absolute Gasteiger partial charge is 0.319 e. The summed E-state index contributed by atoms with van der Waals surface area (Å²) in [4.78, 5) is 2.75. The summed E-state index contributed by atoms with van der Waals surface area (Å²) in [6.07, 6.45) is 8.68. The van der Waals surface area contributed by atoms with E-state index in [1.807, 2.05) is 0 Å². The Hall–Kier alpha value is -0.0800. The highest BCUT2D eigenvalue weighted by atomic mass is 15.2. The minimum atomic E-state index is 0.902. The number of likely N-dealkylation sites (tertiary alicyclic amines) is 1. The third-order valence-electron chi connectivity index (χ3n) is 3.94. The van der Waals surface area contributed by atoms with E-state index < -0.39 is 0 Å².